The van der Waals surface area contributed by atoms with E-state index in [-0.39, 0.29) is 0 Å². The molecule has 2 saturated heterocycles. The molecule has 1 unspecified atom stereocenters. The molecule has 3 aliphatic heterocycles. The molecule has 4 heterocycles. The summed E-state index contributed by atoms with van der Waals surface area (Å²) in [5, 5.41) is 2.86. The third kappa shape index (κ3) is 3.98. The number of hydrogen-bond donors (Lipinski definition) is 0. The third-order valence-electron chi connectivity index (χ3n) is 8.63. The molecule has 1 aliphatic carbocycles. The minimum absolute atomic E-state index is 0.311. The number of thioether (sulfide) groups is 1. The van der Waals surface area contributed by atoms with Gasteiger partial charge in [-0.15, -0.1) is 11.8 Å². The summed E-state index contributed by atoms with van der Waals surface area (Å²) in [6.45, 7) is 13.0. The van der Waals surface area contributed by atoms with Gasteiger partial charge in [-0.2, -0.15) is 0 Å². The zero-order valence-electron chi connectivity index (χ0n) is 20.9. The highest BCUT2D eigenvalue weighted by molar-refractivity contribution is 8.11. The van der Waals surface area contributed by atoms with Crippen LogP contribution in [0.1, 0.15) is 32.3 Å². The van der Waals surface area contributed by atoms with Gasteiger partial charge in [0.2, 0.25) is 5.88 Å². The Balaban J connectivity index is 1.30. The lowest BCUT2D eigenvalue weighted by atomic mass is 9.43. The standard InChI is InChI=1S/C30H33BN2OS/c1-19-25-14-26(15-25)33(27(19)18-34-28-16-23-12-8-9-13-24(23)17-32-28)20(2)29-30(35-21(3)31(29)4)22-10-6-5-7-11-22/h5-13,16-17,19,21,25-27H,2,14-15,18H2,1,3-4H3/t19-,21?,25?,26?,27-/m0/s1. The Labute approximate surface area is 213 Å². The fourth-order valence-electron chi connectivity index (χ4n) is 6.23. The van der Waals surface area contributed by atoms with E-state index < -0.39 is 0 Å². The van der Waals surface area contributed by atoms with Crippen LogP contribution in [0.25, 0.3) is 15.7 Å². The second-order valence-corrected chi connectivity index (χ2v) is 12.0. The predicted octanol–water partition coefficient (Wildman–Crippen LogP) is 6.98. The number of fused-ring (bicyclic) bond motifs is 3. The van der Waals surface area contributed by atoms with Crippen molar-refractivity contribution >= 4 is 34.2 Å². The van der Waals surface area contributed by atoms with Gasteiger partial charge >= 0.3 is 0 Å². The molecule has 5 heteroatoms. The Morgan fingerprint density at radius 1 is 1.09 bits per heavy atom. The predicted molar refractivity (Wildman–Crippen MR) is 150 cm³/mol. The number of rotatable bonds is 6. The van der Waals surface area contributed by atoms with Gasteiger partial charge in [0.15, 0.2) is 6.71 Å². The van der Waals surface area contributed by atoms with Crippen LogP contribution < -0.4 is 4.74 Å². The maximum absolute atomic E-state index is 6.38. The summed E-state index contributed by atoms with van der Waals surface area (Å²) in [4.78, 5) is 8.63. The monoisotopic (exact) mass is 480 g/mol. The fraction of sp³-hybridized carbons (Fsp3) is 0.367. The molecule has 3 fully saturated rings. The first-order valence-corrected chi connectivity index (χ1v) is 13.8. The van der Waals surface area contributed by atoms with Crippen molar-refractivity contribution in [2.75, 3.05) is 6.61 Å². The second kappa shape index (κ2) is 9.09. The zero-order chi connectivity index (χ0) is 24.1. The highest BCUT2D eigenvalue weighted by atomic mass is 32.2. The minimum atomic E-state index is 0.311. The summed E-state index contributed by atoms with van der Waals surface area (Å²) in [5.41, 5.74) is 3.96. The van der Waals surface area contributed by atoms with Crippen molar-refractivity contribution in [3.05, 3.63) is 90.2 Å². The van der Waals surface area contributed by atoms with Crippen molar-refractivity contribution in [1.82, 2.24) is 9.88 Å². The normalized spacial score (nSPS) is 27.8. The molecule has 178 valence electrons. The highest BCUT2D eigenvalue weighted by Gasteiger charge is 2.50. The molecule has 2 aromatic carbocycles. The number of aromatic nitrogens is 1. The SMILES string of the molecule is C=C(C1=C(c2ccccc2)SC(C)B1C)N1C2CC(C2)[C@H](C)[C@@H]1COc1cc2ccccc2cn1. The summed E-state index contributed by atoms with van der Waals surface area (Å²) in [6.07, 6.45) is 4.46. The quantitative estimate of drug-likeness (QED) is 0.356. The Bertz CT molecular complexity index is 1290. The smallest absolute Gasteiger partial charge is 0.213 e. The number of nitrogens with zero attached hydrogens (tertiary/aromatic N) is 2. The van der Waals surface area contributed by atoms with Crippen LogP contribution in [0.3, 0.4) is 0 Å². The largest absolute Gasteiger partial charge is 0.475 e. The van der Waals surface area contributed by atoms with Crippen molar-refractivity contribution < 1.29 is 4.74 Å². The van der Waals surface area contributed by atoms with Gasteiger partial charge in [-0.05, 0) is 46.2 Å². The summed E-state index contributed by atoms with van der Waals surface area (Å²) >= 11 is 2.01. The molecule has 0 spiro atoms. The van der Waals surface area contributed by atoms with E-state index in [9.17, 15) is 0 Å². The van der Waals surface area contributed by atoms with Crippen LogP contribution in [-0.4, -0.2) is 40.4 Å². The fourth-order valence-corrected chi connectivity index (χ4v) is 7.64. The lowest BCUT2D eigenvalue weighted by Gasteiger charge is -2.59. The van der Waals surface area contributed by atoms with Gasteiger partial charge in [0.1, 0.15) is 6.61 Å². The van der Waals surface area contributed by atoms with Gasteiger partial charge in [-0.25, -0.2) is 4.98 Å². The molecule has 35 heavy (non-hydrogen) atoms. The van der Waals surface area contributed by atoms with Crippen LogP contribution in [0.4, 0.5) is 0 Å². The van der Waals surface area contributed by atoms with E-state index in [2.05, 4.69) is 85.2 Å². The van der Waals surface area contributed by atoms with Crippen molar-refractivity contribution in [3.63, 3.8) is 0 Å². The lowest BCUT2D eigenvalue weighted by molar-refractivity contribution is -0.0652. The van der Waals surface area contributed by atoms with Crippen molar-refractivity contribution in [2.45, 2.75) is 50.7 Å². The maximum atomic E-state index is 6.38. The molecule has 4 aliphatic rings. The molecular formula is C30H33BN2OS. The number of ether oxygens (including phenoxy) is 1. The topological polar surface area (TPSA) is 25.4 Å². The third-order valence-corrected chi connectivity index (χ3v) is 10.1. The van der Waals surface area contributed by atoms with E-state index >= 15 is 0 Å². The Kier molecular flexibility index (Phi) is 5.92. The van der Waals surface area contributed by atoms with E-state index in [4.69, 9.17) is 11.3 Å². The van der Waals surface area contributed by atoms with Crippen LogP contribution >= 0.6 is 11.8 Å². The van der Waals surface area contributed by atoms with Gasteiger partial charge < -0.3 is 9.64 Å². The van der Waals surface area contributed by atoms with Gasteiger partial charge in [-0.3, -0.25) is 0 Å². The van der Waals surface area contributed by atoms with Gasteiger partial charge in [-0.1, -0.05) is 81.8 Å². The highest BCUT2D eigenvalue weighted by Crippen LogP contribution is 2.52. The van der Waals surface area contributed by atoms with Gasteiger partial charge in [0, 0.05) is 34.3 Å². The summed E-state index contributed by atoms with van der Waals surface area (Å²) in [7, 11) is 0. The van der Waals surface area contributed by atoms with Crippen molar-refractivity contribution in [1.29, 1.82) is 0 Å². The molecule has 0 N–H and O–H groups in total. The average Bonchev–Trinajstić information content (AvgIpc) is 3.16. The lowest BCUT2D eigenvalue weighted by Crippen LogP contribution is -2.62. The maximum Gasteiger partial charge on any atom is 0.213 e. The average molecular weight is 480 g/mol. The summed E-state index contributed by atoms with van der Waals surface area (Å²) in [6, 6.07) is 22.1. The Morgan fingerprint density at radius 2 is 1.80 bits per heavy atom. The molecule has 3 aromatic rings. The van der Waals surface area contributed by atoms with E-state index in [0.717, 1.165) is 11.3 Å². The molecule has 7 rings (SSSR count). The number of hydrogen-bond acceptors (Lipinski definition) is 4. The van der Waals surface area contributed by atoms with Crippen molar-refractivity contribution in [3.8, 4) is 5.88 Å². The Morgan fingerprint density at radius 3 is 2.57 bits per heavy atom. The molecule has 0 amide bonds. The van der Waals surface area contributed by atoms with E-state index in [0.29, 0.717) is 42.4 Å². The van der Waals surface area contributed by atoms with Crippen LogP contribution in [0.2, 0.25) is 6.82 Å². The van der Waals surface area contributed by atoms with Crippen LogP contribution in [0, 0.1) is 11.8 Å². The van der Waals surface area contributed by atoms with Crippen molar-refractivity contribution in [2.24, 2.45) is 11.8 Å². The number of allylic oxidation sites excluding steroid dienone is 1. The molecule has 1 aromatic heterocycles. The summed E-state index contributed by atoms with van der Waals surface area (Å²) in [5.74, 6) is 2.07. The first kappa shape index (κ1) is 22.8. The van der Waals surface area contributed by atoms with E-state index in [1.807, 2.05) is 24.0 Å². The first-order valence-electron chi connectivity index (χ1n) is 12.9. The molecule has 3 nitrogen and oxygen atoms in total. The van der Waals surface area contributed by atoms with Crippen LogP contribution in [0.5, 0.6) is 5.88 Å². The molecule has 3 atom stereocenters. The number of piperidine rings is 2. The number of benzene rings is 2. The van der Waals surface area contributed by atoms with E-state index in [1.165, 1.54) is 39.9 Å². The van der Waals surface area contributed by atoms with Crippen LogP contribution in [-0.2, 0) is 0 Å². The summed E-state index contributed by atoms with van der Waals surface area (Å²) < 4.78 is 6.38. The number of pyridine rings is 1. The molecular weight excluding hydrogens is 447 g/mol. The van der Waals surface area contributed by atoms with Crippen LogP contribution in [0.15, 0.2) is 84.6 Å². The van der Waals surface area contributed by atoms with Gasteiger partial charge in [0.25, 0.3) is 0 Å². The molecule has 2 bridgehead atoms. The Hall–Kier alpha value is -2.66. The minimum Gasteiger partial charge on any atom is -0.475 e. The van der Waals surface area contributed by atoms with Gasteiger partial charge in [0.05, 0.1) is 6.04 Å². The molecule has 1 saturated carbocycles. The zero-order valence-corrected chi connectivity index (χ0v) is 21.7. The molecule has 0 radical (unpaired) electrons. The first-order chi connectivity index (χ1) is 17.0. The second-order valence-electron chi connectivity index (χ2n) is 10.6. The van der Waals surface area contributed by atoms with E-state index in [1.54, 1.807) is 0 Å².